The monoisotopic (exact) mass is 225 g/mol. The molecule has 0 aliphatic carbocycles. The third-order valence-corrected chi connectivity index (χ3v) is 2.66. The minimum Gasteiger partial charge on any atom is -0.469 e. The summed E-state index contributed by atoms with van der Waals surface area (Å²) in [6, 6.07) is 4.45. The van der Waals surface area contributed by atoms with Gasteiger partial charge in [0.1, 0.15) is 5.76 Å². The first-order chi connectivity index (χ1) is 7.76. The summed E-state index contributed by atoms with van der Waals surface area (Å²) in [6.45, 7) is 6.16. The molecule has 0 spiro atoms. The largest absolute Gasteiger partial charge is 0.469 e. The maximum absolute atomic E-state index is 5.38. The van der Waals surface area contributed by atoms with Crippen molar-refractivity contribution in [1.29, 1.82) is 0 Å². The average Bonchev–Trinajstić information content (AvgIpc) is 2.71. The zero-order valence-corrected chi connectivity index (χ0v) is 10.5. The first kappa shape index (κ1) is 13.3. The molecular weight excluding hydrogens is 202 g/mol. The van der Waals surface area contributed by atoms with Crippen LogP contribution in [0.1, 0.15) is 26.0 Å². The molecule has 1 N–H and O–H groups in total. The van der Waals surface area contributed by atoms with Crippen LogP contribution >= 0.6 is 0 Å². The number of likely N-dealkylation sites (N-methyl/N-ethyl adjacent to an activating group) is 1. The Labute approximate surface area is 98.2 Å². The van der Waals surface area contributed by atoms with Gasteiger partial charge in [-0.25, -0.2) is 0 Å². The first-order valence-corrected chi connectivity index (χ1v) is 6.01. The van der Waals surface area contributed by atoms with Crippen molar-refractivity contribution in [2.24, 2.45) is 5.92 Å². The molecule has 1 rings (SSSR count). The van der Waals surface area contributed by atoms with Crippen LogP contribution in [0.3, 0.4) is 0 Å². The van der Waals surface area contributed by atoms with Crippen LogP contribution in [0.15, 0.2) is 22.8 Å². The van der Waals surface area contributed by atoms with Crippen LogP contribution in [0.25, 0.3) is 0 Å². The van der Waals surface area contributed by atoms with E-state index in [0.29, 0.717) is 12.0 Å². The van der Waals surface area contributed by atoms with Crippen LogP contribution in [0, 0.1) is 5.92 Å². The highest BCUT2D eigenvalue weighted by Crippen LogP contribution is 2.12. The molecule has 2 unspecified atom stereocenters. The lowest BCUT2D eigenvalue weighted by Crippen LogP contribution is -2.33. The fraction of sp³-hybridized carbons (Fsp3) is 0.692. The van der Waals surface area contributed by atoms with Crippen molar-refractivity contribution in [3.05, 3.63) is 24.2 Å². The smallest absolute Gasteiger partial charge is 0.105 e. The van der Waals surface area contributed by atoms with E-state index in [-0.39, 0.29) is 0 Å². The molecule has 0 aromatic carbocycles. The molecule has 0 aliphatic rings. The molecule has 1 heterocycles. The molecule has 0 aliphatic heterocycles. The van der Waals surface area contributed by atoms with E-state index in [2.05, 4.69) is 19.2 Å². The van der Waals surface area contributed by atoms with Crippen molar-refractivity contribution in [3.8, 4) is 0 Å². The van der Waals surface area contributed by atoms with Crippen molar-refractivity contribution in [1.82, 2.24) is 5.32 Å². The molecule has 3 nitrogen and oxygen atoms in total. The number of rotatable bonds is 8. The summed E-state index contributed by atoms with van der Waals surface area (Å²) in [7, 11) is 1.76. The van der Waals surface area contributed by atoms with Crippen LogP contribution in [-0.4, -0.2) is 26.3 Å². The van der Waals surface area contributed by atoms with Gasteiger partial charge >= 0.3 is 0 Å². The number of furan rings is 1. The second-order valence-electron chi connectivity index (χ2n) is 4.33. The second kappa shape index (κ2) is 7.47. The number of ether oxygens (including phenoxy) is 1. The Morgan fingerprint density at radius 1 is 1.50 bits per heavy atom. The predicted molar refractivity (Wildman–Crippen MR) is 65.5 cm³/mol. The molecule has 3 heteroatoms. The average molecular weight is 225 g/mol. The summed E-state index contributed by atoms with van der Waals surface area (Å²) >= 11 is 0. The molecule has 0 saturated heterocycles. The Morgan fingerprint density at radius 2 is 2.31 bits per heavy atom. The van der Waals surface area contributed by atoms with Gasteiger partial charge in [-0.15, -0.1) is 0 Å². The topological polar surface area (TPSA) is 34.4 Å². The highest BCUT2D eigenvalue weighted by atomic mass is 16.5. The van der Waals surface area contributed by atoms with Gasteiger partial charge in [0.25, 0.3) is 0 Å². The summed E-state index contributed by atoms with van der Waals surface area (Å²) in [5.41, 5.74) is 0. The summed E-state index contributed by atoms with van der Waals surface area (Å²) in [5, 5.41) is 3.49. The summed E-state index contributed by atoms with van der Waals surface area (Å²) in [5.74, 6) is 1.62. The first-order valence-electron chi connectivity index (χ1n) is 6.01. The Hall–Kier alpha value is -0.800. The van der Waals surface area contributed by atoms with Crippen LogP contribution in [0.5, 0.6) is 0 Å². The Kier molecular flexibility index (Phi) is 6.19. The maximum atomic E-state index is 5.38. The van der Waals surface area contributed by atoms with Gasteiger partial charge in [0, 0.05) is 26.2 Å². The normalized spacial score (nSPS) is 14.9. The van der Waals surface area contributed by atoms with Crippen molar-refractivity contribution >= 4 is 0 Å². The zero-order chi connectivity index (χ0) is 11.8. The minimum absolute atomic E-state index is 0.473. The van der Waals surface area contributed by atoms with Gasteiger partial charge in [-0.1, -0.05) is 13.8 Å². The van der Waals surface area contributed by atoms with Crippen LogP contribution < -0.4 is 5.32 Å². The second-order valence-corrected chi connectivity index (χ2v) is 4.33. The van der Waals surface area contributed by atoms with Crippen molar-refractivity contribution in [3.63, 3.8) is 0 Å². The molecule has 1 aromatic rings. The molecule has 2 atom stereocenters. The highest BCUT2D eigenvalue weighted by molar-refractivity contribution is 5.00. The molecule has 0 radical (unpaired) electrons. The molecule has 16 heavy (non-hydrogen) atoms. The van der Waals surface area contributed by atoms with Gasteiger partial charge < -0.3 is 14.5 Å². The molecule has 1 aromatic heterocycles. The van der Waals surface area contributed by atoms with Crippen LogP contribution in [0.4, 0.5) is 0 Å². The molecular formula is C13H23NO2. The maximum Gasteiger partial charge on any atom is 0.105 e. The fourth-order valence-electron chi connectivity index (χ4n) is 2.04. The number of methoxy groups -OCH3 is 1. The van der Waals surface area contributed by atoms with Gasteiger partial charge in [-0.05, 0) is 31.0 Å². The molecule has 0 bridgehead atoms. The Morgan fingerprint density at radius 3 is 2.88 bits per heavy atom. The van der Waals surface area contributed by atoms with E-state index >= 15 is 0 Å². The molecule has 0 amide bonds. The van der Waals surface area contributed by atoms with E-state index in [1.54, 1.807) is 13.4 Å². The SMILES string of the molecule is CCNC(Cc1ccco1)CC(C)COC. The third kappa shape index (κ3) is 4.81. The van der Waals surface area contributed by atoms with E-state index in [0.717, 1.165) is 31.8 Å². The van der Waals surface area contributed by atoms with E-state index in [9.17, 15) is 0 Å². The number of hydrogen-bond donors (Lipinski definition) is 1. The molecule has 0 fully saturated rings. The third-order valence-electron chi connectivity index (χ3n) is 2.66. The highest BCUT2D eigenvalue weighted by Gasteiger charge is 2.14. The summed E-state index contributed by atoms with van der Waals surface area (Å²) in [4.78, 5) is 0. The lowest BCUT2D eigenvalue weighted by molar-refractivity contribution is 0.149. The summed E-state index contributed by atoms with van der Waals surface area (Å²) in [6.07, 6.45) is 3.80. The quantitative estimate of drug-likeness (QED) is 0.738. The minimum atomic E-state index is 0.473. The lowest BCUT2D eigenvalue weighted by Gasteiger charge is -2.20. The van der Waals surface area contributed by atoms with E-state index in [1.807, 2.05) is 12.1 Å². The standard InChI is InChI=1S/C13H23NO2/c1-4-14-12(8-11(2)10-15-3)9-13-6-5-7-16-13/h5-7,11-12,14H,4,8-10H2,1-3H3. The van der Waals surface area contributed by atoms with E-state index in [4.69, 9.17) is 9.15 Å². The summed E-state index contributed by atoms with van der Waals surface area (Å²) < 4.78 is 10.5. The van der Waals surface area contributed by atoms with Crippen molar-refractivity contribution in [2.75, 3.05) is 20.3 Å². The van der Waals surface area contributed by atoms with Crippen molar-refractivity contribution in [2.45, 2.75) is 32.7 Å². The fourth-order valence-corrected chi connectivity index (χ4v) is 2.04. The lowest BCUT2D eigenvalue weighted by atomic mass is 9.99. The van der Waals surface area contributed by atoms with Crippen LogP contribution in [0.2, 0.25) is 0 Å². The van der Waals surface area contributed by atoms with E-state index < -0.39 is 0 Å². The van der Waals surface area contributed by atoms with Gasteiger partial charge in [-0.3, -0.25) is 0 Å². The van der Waals surface area contributed by atoms with E-state index in [1.165, 1.54) is 0 Å². The van der Waals surface area contributed by atoms with Gasteiger partial charge in [-0.2, -0.15) is 0 Å². The van der Waals surface area contributed by atoms with Crippen LogP contribution in [-0.2, 0) is 11.2 Å². The Balaban J connectivity index is 2.40. The van der Waals surface area contributed by atoms with Gasteiger partial charge in [0.15, 0.2) is 0 Å². The molecule has 92 valence electrons. The Bertz CT molecular complexity index is 259. The zero-order valence-electron chi connectivity index (χ0n) is 10.5. The van der Waals surface area contributed by atoms with Crippen molar-refractivity contribution < 1.29 is 9.15 Å². The number of nitrogens with one attached hydrogen (secondary N) is 1. The molecule has 0 saturated carbocycles. The van der Waals surface area contributed by atoms with Gasteiger partial charge in [0.05, 0.1) is 6.26 Å². The number of hydrogen-bond acceptors (Lipinski definition) is 3. The van der Waals surface area contributed by atoms with Gasteiger partial charge in [0.2, 0.25) is 0 Å². The predicted octanol–water partition coefficient (Wildman–Crippen LogP) is 2.47.